The summed E-state index contributed by atoms with van der Waals surface area (Å²) in [6, 6.07) is 3.92. The molecular formula is C10H11N3. The van der Waals surface area contributed by atoms with E-state index in [4.69, 9.17) is 5.26 Å². The Bertz CT molecular complexity index is 391. The third-order valence-electron chi connectivity index (χ3n) is 1.61. The molecule has 0 aliphatic carbocycles. The van der Waals surface area contributed by atoms with Crippen molar-refractivity contribution in [3.05, 3.63) is 35.7 Å². The van der Waals surface area contributed by atoms with Crippen LogP contribution in [0.3, 0.4) is 0 Å². The molecule has 0 spiro atoms. The third kappa shape index (κ3) is 2.31. The summed E-state index contributed by atoms with van der Waals surface area (Å²) in [5.74, 6) is 0. The highest BCUT2D eigenvalue weighted by atomic mass is 15.2. The number of nitrogens with zero attached hydrogens (tertiary/aromatic N) is 3. The number of allylic oxidation sites excluding steroid dienone is 2. The molecule has 1 aromatic heterocycles. The van der Waals surface area contributed by atoms with Crippen molar-refractivity contribution in [2.45, 2.75) is 6.92 Å². The van der Waals surface area contributed by atoms with E-state index in [1.807, 2.05) is 19.3 Å². The molecule has 0 amide bonds. The molecular weight excluding hydrogens is 162 g/mol. The zero-order valence-electron chi connectivity index (χ0n) is 7.78. The van der Waals surface area contributed by atoms with Gasteiger partial charge in [-0.25, -0.2) is 0 Å². The van der Waals surface area contributed by atoms with E-state index >= 15 is 0 Å². The minimum Gasteiger partial charge on any atom is -0.275 e. The van der Waals surface area contributed by atoms with E-state index < -0.39 is 0 Å². The number of hydrogen-bond acceptors (Lipinski definition) is 2. The Morgan fingerprint density at radius 2 is 2.46 bits per heavy atom. The van der Waals surface area contributed by atoms with Gasteiger partial charge in [0, 0.05) is 13.2 Å². The Labute approximate surface area is 77.6 Å². The molecule has 0 saturated carbocycles. The molecule has 0 aliphatic heterocycles. The fourth-order valence-corrected chi connectivity index (χ4v) is 0.909. The highest BCUT2D eigenvalue weighted by Gasteiger charge is 1.98. The maximum Gasteiger partial charge on any atom is 0.0995 e. The molecule has 0 bridgehead atoms. The largest absolute Gasteiger partial charge is 0.275 e. The van der Waals surface area contributed by atoms with Crippen LogP contribution < -0.4 is 0 Å². The van der Waals surface area contributed by atoms with E-state index in [0.717, 1.165) is 11.3 Å². The normalized spacial score (nSPS) is 11.0. The van der Waals surface area contributed by atoms with E-state index in [9.17, 15) is 0 Å². The lowest BCUT2D eigenvalue weighted by Gasteiger charge is -1.92. The van der Waals surface area contributed by atoms with Gasteiger partial charge in [-0.3, -0.25) is 4.68 Å². The summed E-state index contributed by atoms with van der Waals surface area (Å²) in [6.07, 6.45) is 3.56. The van der Waals surface area contributed by atoms with Crippen LogP contribution in [0.15, 0.2) is 30.0 Å². The Hall–Kier alpha value is -1.82. The number of rotatable bonds is 2. The van der Waals surface area contributed by atoms with Gasteiger partial charge in [0.15, 0.2) is 0 Å². The van der Waals surface area contributed by atoms with Crippen LogP contribution in [-0.2, 0) is 7.05 Å². The van der Waals surface area contributed by atoms with Crippen molar-refractivity contribution in [3.8, 4) is 6.07 Å². The highest BCUT2D eigenvalue weighted by molar-refractivity contribution is 5.60. The van der Waals surface area contributed by atoms with E-state index in [1.54, 1.807) is 17.7 Å². The zero-order valence-corrected chi connectivity index (χ0v) is 7.78. The van der Waals surface area contributed by atoms with Crippen LogP contribution in [0.5, 0.6) is 0 Å². The first-order valence-corrected chi connectivity index (χ1v) is 3.91. The van der Waals surface area contributed by atoms with Crippen LogP contribution in [0.25, 0.3) is 6.08 Å². The van der Waals surface area contributed by atoms with E-state index in [2.05, 4.69) is 17.7 Å². The lowest BCUT2D eigenvalue weighted by molar-refractivity contribution is 0.764. The molecule has 13 heavy (non-hydrogen) atoms. The van der Waals surface area contributed by atoms with Crippen LogP contribution >= 0.6 is 0 Å². The second-order valence-corrected chi connectivity index (χ2v) is 2.86. The van der Waals surface area contributed by atoms with E-state index in [1.165, 1.54) is 0 Å². The quantitative estimate of drug-likeness (QED) is 0.506. The number of aryl methyl sites for hydroxylation is 1. The first-order valence-electron chi connectivity index (χ1n) is 3.91. The van der Waals surface area contributed by atoms with Crippen molar-refractivity contribution in [2.75, 3.05) is 0 Å². The molecule has 1 aromatic rings. The van der Waals surface area contributed by atoms with Gasteiger partial charge in [0.25, 0.3) is 0 Å². The lowest BCUT2D eigenvalue weighted by atomic mass is 10.1. The lowest BCUT2D eigenvalue weighted by Crippen LogP contribution is -1.88. The van der Waals surface area contributed by atoms with Gasteiger partial charge < -0.3 is 0 Å². The van der Waals surface area contributed by atoms with Crippen LogP contribution in [0.1, 0.15) is 12.6 Å². The average Bonchev–Trinajstić information content (AvgIpc) is 2.46. The summed E-state index contributed by atoms with van der Waals surface area (Å²) in [5.41, 5.74) is 2.11. The van der Waals surface area contributed by atoms with Crippen molar-refractivity contribution in [2.24, 2.45) is 7.05 Å². The number of aromatic nitrogens is 2. The average molecular weight is 173 g/mol. The molecule has 0 aromatic carbocycles. The maximum absolute atomic E-state index is 8.75. The zero-order chi connectivity index (χ0) is 9.84. The minimum atomic E-state index is 0.568. The summed E-state index contributed by atoms with van der Waals surface area (Å²) in [6.45, 7) is 5.51. The molecule has 0 aliphatic rings. The SMILES string of the molecule is C=C(C)/C(C#N)=C/c1ccn(C)n1. The summed E-state index contributed by atoms with van der Waals surface area (Å²) >= 11 is 0. The second kappa shape index (κ2) is 3.72. The Balaban J connectivity index is 3.00. The van der Waals surface area contributed by atoms with Gasteiger partial charge in [0.2, 0.25) is 0 Å². The Morgan fingerprint density at radius 1 is 1.77 bits per heavy atom. The number of hydrogen-bond donors (Lipinski definition) is 0. The summed E-state index contributed by atoms with van der Waals surface area (Å²) in [7, 11) is 1.84. The second-order valence-electron chi connectivity index (χ2n) is 2.86. The van der Waals surface area contributed by atoms with Crippen molar-refractivity contribution >= 4 is 6.08 Å². The Morgan fingerprint density at radius 3 is 2.85 bits per heavy atom. The topological polar surface area (TPSA) is 41.6 Å². The summed E-state index contributed by atoms with van der Waals surface area (Å²) < 4.78 is 1.69. The minimum absolute atomic E-state index is 0.568. The molecule has 3 heteroatoms. The van der Waals surface area contributed by atoms with E-state index in [-0.39, 0.29) is 0 Å². The van der Waals surface area contributed by atoms with Gasteiger partial charge in [-0.2, -0.15) is 10.4 Å². The molecule has 0 fully saturated rings. The maximum atomic E-state index is 8.75. The molecule has 1 rings (SSSR count). The molecule has 66 valence electrons. The molecule has 3 nitrogen and oxygen atoms in total. The molecule has 0 saturated heterocycles. The van der Waals surface area contributed by atoms with Crippen LogP contribution in [0, 0.1) is 11.3 Å². The fourth-order valence-electron chi connectivity index (χ4n) is 0.909. The summed E-state index contributed by atoms with van der Waals surface area (Å²) in [5, 5.41) is 12.9. The predicted octanol–water partition coefficient (Wildman–Crippen LogP) is 1.90. The Kier molecular flexibility index (Phi) is 2.65. The van der Waals surface area contributed by atoms with Crippen molar-refractivity contribution < 1.29 is 0 Å². The third-order valence-corrected chi connectivity index (χ3v) is 1.61. The molecule has 1 heterocycles. The van der Waals surface area contributed by atoms with E-state index in [0.29, 0.717) is 5.57 Å². The number of nitriles is 1. The molecule has 0 atom stereocenters. The monoisotopic (exact) mass is 173 g/mol. The predicted molar refractivity (Wildman–Crippen MR) is 51.6 cm³/mol. The molecule has 0 radical (unpaired) electrons. The van der Waals surface area contributed by atoms with Crippen molar-refractivity contribution in [3.63, 3.8) is 0 Å². The van der Waals surface area contributed by atoms with Crippen molar-refractivity contribution in [1.82, 2.24) is 9.78 Å². The van der Waals surface area contributed by atoms with Gasteiger partial charge in [-0.15, -0.1) is 0 Å². The van der Waals surface area contributed by atoms with Crippen molar-refractivity contribution in [1.29, 1.82) is 5.26 Å². The van der Waals surface area contributed by atoms with Gasteiger partial charge in [0.1, 0.15) is 0 Å². The van der Waals surface area contributed by atoms with Gasteiger partial charge in [-0.05, 0) is 24.6 Å². The smallest absolute Gasteiger partial charge is 0.0995 e. The standard InChI is InChI=1S/C10H11N3/c1-8(2)9(7-11)6-10-4-5-13(3)12-10/h4-6H,1H2,2-3H3/b9-6+. The van der Waals surface area contributed by atoms with Gasteiger partial charge in [-0.1, -0.05) is 6.58 Å². The van der Waals surface area contributed by atoms with Gasteiger partial charge >= 0.3 is 0 Å². The fraction of sp³-hybridized carbons (Fsp3) is 0.200. The highest BCUT2D eigenvalue weighted by Crippen LogP contribution is 2.09. The first-order chi connectivity index (χ1) is 6.13. The first kappa shape index (κ1) is 9.27. The van der Waals surface area contributed by atoms with Crippen LogP contribution in [-0.4, -0.2) is 9.78 Å². The molecule has 0 N–H and O–H groups in total. The molecule has 0 unspecified atom stereocenters. The van der Waals surface area contributed by atoms with Crippen LogP contribution in [0.2, 0.25) is 0 Å². The van der Waals surface area contributed by atoms with Crippen LogP contribution in [0.4, 0.5) is 0 Å². The summed E-state index contributed by atoms with van der Waals surface area (Å²) in [4.78, 5) is 0. The van der Waals surface area contributed by atoms with Gasteiger partial charge in [0.05, 0.1) is 17.3 Å².